The molecular weight excluding hydrogens is 252 g/mol. The maximum Gasteiger partial charge on any atom is 0.131 e. The molecule has 1 saturated carbocycles. The quantitative estimate of drug-likeness (QED) is 0.746. The third-order valence-corrected chi connectivity index (χ3v) is 3.78. The number of aliphatic hydroxyl groups is 1. The Kier molecular flexibility index (Phi) is 5.17. The van der Waals surface area contributed by atoms with Crippen molar-refractivity contribution in [3.05, 3.63) is 11.9 Å². The van der Waals surface area contributed by atoms with E-state index in [2.05, 4.69) is 27.5 Å². The van der Waals surface area contributed by atoms with Crippen LogP contribution in [0.4, 0.5) is 11.6 Å². The van der Waals surface area contributed by atoms with Gasteiger partial charge in [0.1, 0.15) is 17.5 Å². The summed E-state index contributed by atoms with van der Waals surface area (Å²) in [5.74, 6) is 2.37. The second-order valence-corrected chi connectivity index (χ2v) is 5.75. The van der Waals surface area contributed by atoms with Crippen LogP contribution in [0.2, 0.25) is 0 Å². The van der Waals surface area contributed by atoms with Crippen LogP contribution < -0.4 is 10.6 Å². The predicted octanol–water partition coefficient (Wildman–Crippen LogP) is 2.71. The van der Waals surface area contributed by atoms with Gasteiger partial charge in [-0.2, -0.15) is 0 Å². The van der Waals surface area contributed by atoms with Crippen LogP contribution in [-0.2, 0) is 0 Å². The lowest BCUT2D eigenvalue weighted by Gasteiger charge is -2.32. The highest BCUT2D eigenvalue weighted by atomic mass is 16.3. The molecule has 0 spiro atoms. The number of aryl methyl sites for hydroxylation is 1. The van der Waals surface area contributed by atoms with E-state index in [-0.39, 0.29) is 0 Å². The van der Waals surface area contributed by atoms with Crippen molar-refractivity contribution in [2.45, 2.75) is 58.0 Å². The van der Waals surface area contributed by atoms with Crippen LogP contribution in [0.3, 0.4) is 0 Å². The standard InChI is InChI=1S/C15H26N4O/c1-3-9-16-13-10-14(19-12(2)18-13)17-11-15(20)7-5-4-6-8-15/h10,20H,3-9,11H2,1-2H3,(H2,16,17,18,19). The topological polar surface area (TPSA) is 70.1 Å². The van der Waals surface area contributed by atoms with E-state index in [0.717, 1.165) is 56.1 Å². The van der Waals surface area contributed by atoms with E-state index >= 15 is 0 Å². The van der Waals surface area contributed by atoms with Crippen LogP contribution in [0.1, 0.15) is 51.3 Å². The molecule has 0 aromatic carbocycles. The lowest BCUT2D eigenvalue weighted by Crippen LogP contribution is -2.39. The van der Waals surface area contributed by atoms with Gasteiger partial charge in [0.2, 0.25) is 0 Å². The molecule has 1 aromatic rings. The molecule has 0 atom stereocenters. The second-order valence-electron chi connectivity index (χ2n) is 5.75. The van der Waals surface area contributed by atoms with Gasteiger partial charge in [-0.25, -0.2) is 9.97 Å². The van der Waals surface area contributed by atoms with E-state index in [1.807, 2.05) is 13.0 Å². The van der Waals surface area contributed by atoms with Gasteiger partial charge in [-0.1, -0.05) is 26.2 Å². The van der Waals surface area contributed by atoms with Crippen LogP contribution in [0, 0.1) is 6.92 Å². The van der Waals surface area contributed by atoms with Gasteiger partial charge in [0.25, 0.3) is 0 Å². The highest BCUT2D eigenvalue weighted by Crippen LogP contribution is 2.28. The summed E-state index contributed by atoms with van der Waals surface area (Å²) in [5.41, 5.74) is -0.575. The van der Waals surface area contributed by atoms with Crippen LogP contribution >= 0.6 is 0 Å². The van der Waals surface area contributed by atoms with E-state index in [1.54, 1.807) is 0 Å². The molecule has 3 N–H and O–H groups in total. The zero-order valence-electron chi connectivity index (χ0n) is 12.6. The summed E-state index contributed by atoms with van der Waals surface area (Å²) in [7, 11) is 0. The summed E-state index contributed by atoms with van der Waals surface area (Å²) >= 11 is 0. The number of nitrogens with zero attached hydrogens (tertiary/aromatic N) is 2. The largest absolute Gasteiger partial charge is 0.388 e. The first-order chi connectivity index (χ1) is 9.61. The van der Waals surface area contributed by atoms with Crippen LogP contribution in [0.25, 0.3) is 0 Å². The number of hydrogen-bond acceptors (Lipinski definition) is 5. The fourth-order valence-corrected chi connectivity index (χ4v) is 2.64. The first-order valence-corrected chi connectivity index (χ1v) is 7.67. The molecule has 1 aromatic heterocycles. The summed E-state index contributed by atoms with van der Waals surface area (Å²) in [6.45, 7) is 5.48. The lowest BCUT2D eigenvalue weighted by molar-refractivity contribution is 0.0166. The predicted molar refractivity (Wildman–Crippen MR) is 82.1 cm³/mol. The van der Waals surface area contributed by atoms with Crippen LogP contribution in [0.5, 0.6) is 0 Å². The molecule has 1 aliphatic rings. The van der Waals surface area contributed by atoms with Gasteiger partial charge in [-0.05, 0) is 26.2 Å². The molecule has 5 nitrogen and oxygen atoms in total. The number of nitrogens with one attached hydrogen (secondary N) is 2. The summed E-state index contributed by atoms with van der Waals surface area (Å²) < 4.78 is 0. The Bertz CT molecular complexity index is 430. The van der Waals surface area contributed by atoms with Gasteiger partial charge >= 0.3 is 0 Å². The molecule has 20 heavy (non-hydrogen) atoms. The van der Waals surface area contributed by atoms with Gasteiger partial charge in [-0.3, -0.25) is 0 Å². The average Bonchev–Trinajstić information content (AvgIpc) is 2.43. The first-order valence-electron chi connectivity index (χ1n) is 7.67. The Hall–Kier alpha value is -1.36. The van der Waals surface area contributed by atoms with Crippen LogP contribution in [-0.4, -0.2) is 33.8 Å². The van der Waals surface area contributed by atoms with Crippen molar-refractivity contribution in [3.8, 4) is 0 Å². The minimum Gasteiger partial charge on any atom is -0.388 e. The number of aromatic nitrogens is 2. The Morgan fingerprint density at radius 2 is 1.80 bits per heavy atom. The summed E-state index contributed by atoms with van der Waals surface area (Å²) in [5, 5.41) is 17.0. The van der Waals surface area contributed by atoms with Gasteiger partial charge in [0, 0.05) is 19.2 Å². The molecule has 0 radical (unpaired) electrons. The molecule has 112 valence electrons. The summed E-state index contributed by atoms with van der Waals surface area (Å²) in [4.78, 5) is 8.74. The maximum absolute atomic E-state index is 10.5. The maximum atomic E-state index is 10.5. The van der Waals surface area contributed by atoms with Crippen molar-refractivity contribution < 1.29 is 5.11 Å². The monoisotopic (exact) mass is 278 g/mol. The lowest BCUT2D eigenvalue weighted by atomic mass is 9.85. The molecule has 5 heteroatoms. The van der Waals surface area contributed by atoms with E-state index in [0.29, 0.717) is 6.54 Å². The number of anilines is 2. The van der Waals surface area contributed by atoms with E-state index < -0.39 is 5.60 Å². The highest BCUT2D eigenvalue weighted by molar-refractivity contribution is 5.47. The molecule has 0 amide bonds. The normalized spacial score (nSPS) is 17.8. The van der Waals surface area contributed by atoms with Crippen molar-refractivity contribution in [2.24, 2.45) is 0 Å². The average molecular weight is 278 g/mol. The Balaban J connectivity index is 1.96. The highest BCUT2D eigenvalue weighted by Gasteiger charge is 2.28. The molecule has 1 fully saturated rings. The van der Waals surface area contributed by atoms with Gasteiger partial charge in [0.15, 0.2) is 0 Å². The molecular formula is C15H26N4O. The minimum atomic E-state index is -0.575. The van der Waals surface area contributed by atoms with Gasteiger partial charge < -0.3 is 15.7 Å². The van der Waals surface area contributed by atoms with Crippen molar-refractivity contribution >= 4 is 11.6 Å². The molecule has 0 saturated heterocycles. The Morgan fingerprint density at radius 1 is 1.15 bits per heavy atom. The molecule has 1 aliphatic carbocycles. The Labute approximate surface area is 121 Å². The van der Waals surface area contributed by atoms with Crippen molar-refractivity contribution in [3.63, 3.8) is 0 Å². The molecule has 0 unspecified atom stereocenters. The van der Waals surface area contributed by atoms with Crippen molar-refractivity contribution in [2.75, 3.05) is 23.7 Å². The van der Waals surface area contributed by atoms with E-state index in [1.165, 1.54) is 6.42 Å². The zero-order valence-corrected chi connectivity index (χ0v) is 12.6. The van der Waals surface area contributed by atoms with E-state index in [9.17, 15) is 5.11 Å². The minimum absolute atomic E-state index is 0.566. The number of hydrogen-bond donors (Lipinski definition) is 3. The summed E-state index contributed by atoms with van der Waals surface area (Å²) in [6.07, 6.45) is 6.29. The second kappa shape index (κ2) is 6.88. The molecule has 0 aliphatic heterocycles. The third kappa shape index (κ3) is 4.34. The van der Waals surface area contributed by atoms with Crippen LogP contribution in [0.15, 0.2) is 6.07 Å². The molecule has 2 rings (SSSR count). The van der Waals surface area contributed by atoms with Gasteiger partial charge in [-0.15, -0.1) is 0 Å². The molecule has 0 bridgehead atoms. The molecule has 1 heterocycles. The third-order valence-electron chi connectivity index (χ3n) is 3.78. The summed E-state index contributed by atoms with van der Waals surface area (Å²) in [6, 6.07) is 1.91. The smallest absolute Gasteiger partial charge is 0.131 e. The van der Waals surface area contributed by atoms with Gasteiger partial charge in [0.05, 0.1) is 5.60 Å². The van der Waals surface area contributed by atoms with E-state index in [4.69, 9.17) is 0 Å². The SMILES string of the molecule is CCCNc1cc(NCC2(O)CCCCC2)nc(C)n1. The fourth-order valence-electron chi connectivity index (χ4n) is 2.64. The zero-order chi connectivity index (χ0) is 14.4. The van der Waals surface area contributed by atoms with Crippen molar-refractivity contribution in [1.82, 2.24) is 9.97 Å². The number of rotatable bonds is 6. The first kappa shape index (κ1) is 15.0. The fraction of sp³-hybridized carbons (Fsp3) is 0.733. The Morgan fingerprint density at radius 3 is 2.45 bits per heavy atom. The van der Waals surface area contributed by atoms with Crippen molar-refractivity contribution in [1.29, 1.82) is 0 Å².